The fourth-order valence-electron chi connectivity index (χ4n) is 7.82. The summed E-state index contributed by atoms with van der Waals surface area (Å²) in [6, 6.07) is 24.2. The van der Waals surface area contributed by atoms with Crippen molar-refractivity contribution in [3.63, 3.8) is 0 Å². The number of thioether (sulfide) groups is 1. The van der Waals surface area contributed by atoms with Crippen molar-refractivity contribution in [1.29, 1.82) is 0 Å². The maximum atomic E-state index is 15.4. The number of halogens is 2. The average molecular weight is 1020 g/mol. The second kappa shape index (κ2) is 26.1. The zero-order valence-electron chi connectivity index (χ0n) is 42.5. The van der Waals surface area contributed by atoms with Crippen LogP contribution in [-0.2, 0) is 41.7 Å². The van der Waals surface area contributed by atoms with Gasteiger partial charge in [-0.2, -0.15) is 11.8 Å². The predicted octanol–water partition coefficient (Wildman–Crippen LogP) is 10.2. The van der Waals surface area contributed by atoms with Gasteiger partial charge in [0.15, 0.2) is 0 Å². The molecule has 0 fully saturated rings. The maximum Gasteiger partial charge on any atom is 0.407 e. The van der Waals surface area contributed by atoms with E-state index >= 15 is 4.39 Å². The van der Waals surface area contributed by atoms with Crippen molar-refractivity contribution in [2.45, 2.75) is 110 Å². The first-order chi connectivity index (χ1) is 32.9. The number of alkyl carbamates (subject to hydrolysis) is 2. The van der Waals surface area contributed by atoms with Gasteiger partial charge in [0, 0.05) is 62.9 Å². The second-order valence-corrected chi connectivity index (χ2v) is 32.7. The molecular weight excluding hydrogens is 949 g/mol. The SMILES string of the molecule is CCOC(=O)[C@@](CNC(=O)OCc1ccccc1)(NC(=O)CCSCC(=O)N(CCCNC(=O)OCC[Si](C)(C)C)[C@@H](c1cc(-c2cc(F)ccc2F)cn1Cc1ccccc1)C(C)(C)C)[Si](C)(C)C. The number of hydrogen-bond donors (Lipinski definition) is 3. The largest absolute Gasteiger partial charge is 0.464 e. The van der Waals surface area contributed by atoms with Crippen molar-refractivity contribution in [2.24, 2.45) is 5.41 Å². The van der Waals surface area contributed by atoms with Crippen LogP contribution in [0.25, 0.3) is 11.1 Å². The molecule has 0 aliphatic carbocycles. The highest BCUT2D eigenvalue weighted by molar-refractivity contribution is 7.99. The second-order valence-electron chi connectivity index (χ2n) is 20.6. The predicted molar refractivity (Wildman–Crippen MR) is 279 cm³/mol. The summed E-state index contributed by atoms with van der Waals surface area (Å²) in [4.78, 5) is 69.6. The van der Waals surface area contributed by atoms with E-state index in [4.69, 9.17) is 14.2 Å². The average Bonchev–Trinajstić information content (AvgIpc) is 3.68. The number of carbonyl (C=O) groups is 5. The minimum absolute atomic E-state index is 0.0169. The number of nitrogens with zero attached hydrogens (tertiary/aromatic N) is 2. The third-order valence-corrected chi connectivity index (χ3v) is 17.4. The van der Waals surface area contributed by atoms with E-state index in [-0.39, 0.29) is 62.2 Å². The molecule has 0 aliphatic heterocycles. The highest BCUT2D eigenvalue weighted by Gasteiger charge is 2.52. The van der Waals surface area contributed by atoms with Crippen LogP contribution in [0.4, 0.5) is 18.4 Å². The summed E-state index contributed by atoms with van der Waals surface area (Å²) in [5.41, 5.74) is 2.37. The normalized spacial score (nSPS) is 13.1. The summed E-state index contributed by atoms with van der Waals surface area (Å²) in [6.45, 7) is 21.0. The van der Waals surface area contributed by atoms with E-state index in [1.54, 1.807) is 18.0 Å². The number of nitrogens with one attached hydrogen (secondary N) is 3. The summed E-state index contributed by atoms with van der Waals surface area (Å²) < 4.78 is 48.3. The molecule has 4 aromatic rings. The van der Waals surface area contributed by atoms with Crippen LogP contribution in [0.2, 0.25) is 45.3 Å². The number of hydrogen-bond acceptors (Lipinski definition) is 9. The maximum absolute atomic E-state index is 15.4. The summed E-state index contributed by atoms with van der Waals surface area (Å²) in [5, 5.41) is 6.91. The van der Waals surface area contributed by atoms with Gasteiger partial charge in [0.1, 0.15) is 23.4 Å². The molecule has 18 heteroatoms. The van der Waals surface area contributed by atoms with Crippen molar-refractivity contribution < 1.29 is 47.0 Å². The first kappa shape index (κ1) is 57.1. The molecule has 4 rings (SSSR count). The Hall–Kier alpha value is -5.47. The van der Waals surface area contributed by atoms with Crippen LogP contribution in [0.5, 0.6) is 0 Å². The minimum Gasteiger partial charge on any atom is -0.464 e. The van der Waals surface area contributed by atoms with Crippen LogP contribution in [0, 0.1) is 17.0 Å². The van der Waals surface area contributed by atoms with Gasteiger partial charge in [-0.15, -0.1) is 0 Å². The minimum atomic E-state index is -2.71. The molecule has 13 nitrogen and oxygen atoms in total. The third kappa shape index (κ3) is 17.4. The van der Waals surface area contributed by atoms with Crippen molar-refractivity contribution in [3.8, 4) is 11.1 Å². The molecule has 0 saturated heterocycles. The Morgan fingerprint density at radius 1 is 0.814 bits per heavy atom. The lowest BCUT2D eigenvalue weighted by Crippen LogP contribution is -2.73. The molecule has 0 spiro atoms. The number of esters is 1. The van der Waals surface area contributed by atoms with Crippen molar-refractivity contribution in [1.82, 2.24) is 25.4 Å². The zero-order chi connectivity index (χ0) is 51.7. The lowest BCUT2D eigenvalue weighted by Gasteiger charge is -2.41. The molecular formula is C52H73F2N5O8SSi2. The Morgan fingerprint density at radius 3 is 2.07 bits per heavy atom. The number of ether oxygens (including phenoxy) is 3. The van der Waals surface area contributed by atoms with Gasteiger partial charge in [-0.3, -0.25) is 9.59 Å². The van der Waals surface area contributed by atoms with Crippen LogP contribution in [0.3, 0.4) is 0 Å². The molecule has 0 aliphatic rings. The monoisotopic (exact) mass is 1020 g/mol. The van der Waals surface area contributed by atoms with Gasteiger partial charge in [-0.1, -0.05) is 121 Å². The fourth-order valence-corrected chi connectivity index (χ4v) is 11.2. The van der Waals surface area contributed by atoms with Gasteiger partial charge in [-0.25, -0.2) is 23.2 Å². The molecule has 1 aromatic heterocycles. The topological polar surface area (TPSA) is 157 Å². The molecule has 0 bridgehead atoms. The molecule has 0 unspecified atom stereocenters. The number of benzene rings is 3. The van der Waals surface area contributed by atoms with Crippen molar-refractivity contribution in [3.05, 3.63) is 120 Å². The Balaban J connectivity index is 1.58. The van der Waals surface area contributed by atoms with Gasteiger partial charge >= 0.3 is 18.2 Å². The zero-order valence-corrected chi connectivity index (χ0v) is 45.4. The van der Waals surface area contributed by atoms with Gasteiger partial charge < -0.3 is 39.6 Å². The molecule has 0 radical (unpaired) electrons. The highest BCUT2D eigenvalue weighted by Crippen LogP contribution is 2.41. The van der Waals surface area contributed by atoms with Gasteiger partial charge in [0.2, 0.25) is 11.8 Å². The van der Waals surface area contributed by atoms with Gasteiger partial charge in [-0.05, 0) is 60.2 Å². The van der Waals surface area contributed by atoms with Gasteiger partial charge in [0.25, 0.3) is 0 Å². The lowest BCUT2D eigenvalue weighted by molar-refractivity contribution is -0.149. The molecule has 3 aromatic carbocycles. The van der Waals surface area contributed by atoms with E-state index in [1.807, 2.05) is 112 Å². The summed E-state index contributed by atoms with van der Waals surface area (Å²) in [6.07, 6.45) is 0.814. The van der Waals surface area contributed by atoms with E-state index in [1.165, 1.54) is 11.8 Å². The molecule has 382 valence electrons. The van der Waals surface area contributed by atoms with Crippen molar-refractivity contribution in [2.75, 3.05) is 44.4 Å². The Morgan fingerprint density at radius 2 is 1.46 bits per heavy atom. The molecule has 70 heavy (non-hydrogen) atoms. The van der Waals surface area contributed by atoms with Crippen LogP contribution in [0.1, 0.15) is 63.4 Å². The van der Waals surface area contributed by atoms with E-state index in [0.717, 1.165) is 35.4 Å². The van der Waals surface area contributed by atoms with Crippen molar-refractivity contribution >= 4 is 57.9 Å². The standard InChI is InChI=1S/C52H73F2N5O8SSi2/c1-11-65-48(62)52(70(8,9)10,37-56-50(64)67-35-39-21-16-13-17-22-39)57-45(60)25-29-68-36-46(61)59(27-18-26-55-49(63)66-28-30-69(5,6)7)47(51(2,3)4)44-31-40(42-32-41(53)23-24-43(42)54)34-58(44)33-38-19-14-12-15-20-38/h12-17,19-24,31-32,34,47H,11,18,25-30,33,35-37H2,1-10H3,(H,55,63)(H,56,64)(H,57,60)/t47-,52-/m0/s1. The van der Waals surface area contributed by atoms with E-state index < -0.39 is 68.5 Å². The first-order valence-corrected chi connectivity index (χ1v) is 32.2. The number of carbonyl (C=O) groups excluding carboxylic acids is 5. The highest BCUT2D eigenvalue weighted by atomic mass is 32.2. The Labute approximate surface area is 419 Å². The fraction of sp³-hybridized carbons (Fsp3) is 0.481. The van der Waals surface area contributed by atoms with Crippen LogP contribution < -0.4 is 16.0 Å². The number of amides is 4. The van der Waals surface area contributed by atoms with E-state index in [2.05, 4.69) is 35.6 Å². The van der Waals surface area contributed by atoms with Crippen LogP contribution in [0.15, 0.2) is 91.1 Å². The summed E-state index contributed by atoms with van der Waals surface area (Å²) in [7, 11) is -4.13. The number of rotatable bonds is 25. The van der Waals surface area contributed by atoms with Crippen LogP contribution in [-0.4, -0.2) is 105 Å². The van der Waals surface area contributed by atoms with Crippen LogP contribution >= 0.6 is 11.8 Å². The first-order valence-electron chi connectivity index (χ1n) is 23.8. The molecule has 4 amide bonds. The lowest BCUT2D eigenvalue weighted by atomic mass is 9.83. The summed E-state index contributed by atoms with van der Waals surface area (Å²) >= 11 is 1.25. The summed E-state index contributed by atoms with van der Waals surface area (Å²) in [5.74, 6) is -2.35. The van der Waals surface area contributed by atoms with E-state index in [0.29, 0.717) is 30.8 Å². The Kier molecular flexibility index (Phi) is 21.3. The smallest absolute Gasteiger partial charge is 0.407 e. The molecule has 2 atom stereocenters. The quantitative estimate of drug-likeness (QED) is 0.0254. The number of aromatic nitrogens is 1. The van der Waals surface area contributed by atoms with Gasteiger partial charge in [0.05, 0.1) is 39.6 Å². The third-order valence-electron chi connectivity index (χ3n) is 11.7. The molecule has 1 heterocycles. The molecule has 3 N–H and O–H groups in total. The van der Waals surface area contributed by atoms with E-state index in [9.17, 15) is 28.4 Å². The molecule has 0 saturated carbocycles. The Bertz CT molecular complexity index is 2360.